The third kappa shape index (κ3) is 2.36. The fraction of sp³-hybridized carbons (Fsp3) is 0.125. The zero-order chi connectivity index (χ0) is 11.6. The highest BCUT2D eigenvalue weighted by molar-refractivity contribution is 5.95. The highest BCUT2D eigenvalue weighted by atomic mass is 19.3. The largest absolute Gasteiger partial charge is 0.431 e. The molecule has 1 aromatic carbocycles. The van der Waals surface area contributed by atoms with E-state index in [4.69, 9.17) is 5.73 Å². The second kappa shape index (κ2) is 4.16. The summed E-state index contributed by atoms with van der Waals surface area (Å²) in [5.74, 6) is -5.45. The molecule has 0 radical (unpaired) electrons. The van der Waals surface area contributed by atoms with Gasteiger partial charge in [-0.1, -0.05) is 0 Å². The van der Waals surface area contributed by atoms with Crippen molar-refractivity contribution >= 4 is 5.91 Å². The van der Waals surface area contributed by atoms with E-state index in [2.05, 4.69) is 4.74 Å². The molecule has 1 rings (SSSR count). The number of hydrogen-bond acceptors (Lipinski definition) is 2. The monoisotopic (exact) mass is 223 g/mol. The molecule has 1 amide bonds. The predicted molar refractivity (Wildman–Crippen MR) is 41.5 cm³/mol. The molecule has 0 aliphatic rings. The van der Waals surface area contributed by atoms with Gasteiger partial charge in [0.15, 0.2) is 11.6 Å². The third-order valence-electron chi connectivity index (χ3n) is 1.52. The summed E-state index contributed by atoms with van der Waals surface area (Å²) in [5.41, 5.74) is 4.11. The molecule has 0 saturated heterocycles. The van der Waals surface area contributed by atoms with Crippen LogP contribution in [0.2, 0.25) is 0 Å². The SMILES string of the molecule is NC(=O)c1ccc(F)c(F)c1OC(F)F. The number of amides is 1. The first kappa shape index (κ1) is 11.3. The van der Waals surface area contributed by atoms with E-state index in [1.54, 1.807) is 0 Å². The average Bonchev–Trinajstić information content (AvgIpc) is 2.12. The molecule has 0 heterocycles. The van der Waals surface area contributed by atoms with Crippen molar-refractivity contribution in [1.82, 2.24) is 0 Å². The molecule has 15 heavy (non-hydrogen) atoms. The van der Waals surface area contributed by atoms with Crippen LogP contribution < -0.4 is 10.5 Å². The summed E-state index contributed by atoms with van der Waals surface area (Å²) in [6, 6.07) is 1.35. The summed E-state index contributed by atoms with van der Waals surface area (Å²) in [6.07, 6.45) is 0. The Morgan fingerprint density at radius 3 is 2.40 bits per heavy atom. The van der Waals surface area contributed by atoms with Crippen molar-refractivity contribution in [2.75, 3.05) is 0 Å². The van der Waals surface area contributed by atoms with Crippen molar-refractivity contribution in [3.05, 3.63) is 29.3 Å². The Morgan fingerprint density at radius 2 is 1.93 bits per heavy atom. The molecular formula is C8H5F4NO2. The molecule has 3 nitrogen and oxygen atoms in total. The van der Waals surface area contributed by atoms with Gasteiger partial charge in [-0.05, 0) is 12.1 Å². The van der Waals surface area contributed by atoms with Crippen molar-refractivity contribution in [2.45, 2.75) is 6.61 Å². The molecule has 0 fully saturated rings. The lowest BCUT2D eigenvalue weighted by atomic mass is 10.2. The Kier molecular flexibility index (Phi) is 3.13. The van der Waals surface area contributed by atoms with Gasteiger partial charge in [0.1, 0.15) is 0 Å². The molecule has 7 heteroatoms. The summed E-state index contributed by atoms with van der Waals surface area (Å²) in [6.45, 7) is -3.38. The molecule has 0 aliphatic carbocycles. The van der Waals surface area contributed by atoms with Crippen molar-refractivity contribution in [1.29, 1.82) is 0 Å². The van der Waals surface area contributed by atoms with Gasteiger partial charge >= 0.3 is 6.61 Å². The van der Waals surface area contributed by atoms with E-state index >= 15 is 0 Å². The van der Waals surface area contributed by atoms with Gasteiger partial charge in [-0.2, -0.15) is 13.2 Å². The Bertz CT molecular complexity index is 394. The van der Waals surface area contributed by atoms with Crippen LogP contribution in [-0.4, -0.2) is 12.5 Å². The average molecular weight is 223 g/mol. The van der Waals surface area contributed by atoms with E-state index in [9.17, 15) is 22.4 Å². The van der Waals surface area contributed by atoms with E-state index in [-0.39, 0.29) is 0 Å². The van der Waals surface area contributed by atoms with Crippen LogP contribution in [0.4, 0.5) is 17.6 Å². The maximum Gasteiger partial charge on any atom is 0.387 e. The highest BCUT2D eigenvalue weighted by Crippen LogP contribution is 2.26. The topological polar surface area (TPSA) is 52.3 Å². The van der Waals surface area contributed by atoms with Gasteiger partial charge in [0.25, 0.3) is 5.91 Å². The van der Waals surface area contributed by atoms with E-state index < -0.39 is 35.5 Å². The number of alkyl halides is 2. The molecule has 0 spiro atoms. The lowest BCUT2D eigenvalue weighted by Gasteiger charge is -2.09. The number of ether oxygens (including phenoxy) is 1. The lowest BCUT2D eigenvalue weighted by molar-refractivity contribution is -0.0528. The highest BCUT2D eigenvalue weighted by Gasteiger charge is 2.21. The zero-order valence-electron chi connectivity index (χ0n) is 7.14. The minimum Gasteiger partial charge on any atom is -0.431 e. The predicted octanol–water partition coefficient (Wildman–Crippen LogP) is 1.67. The van der Waals surface area contributed by atoms with Crippen LogP contribution in [0, 0.1) is 11.6 Å². The minimum absolute atomic E-state index is 0.591. The van der Waals surface area contributed by atoms with E-state index in [0.29, 0.717) is 6.07 Å². The second-order valence-electron chi connectivity index (χ2n) is 2.48. The number of halogens is 4. The Balaban J connectivity index is 3.28. The zero-order valence-corrected chi connectivity index (χ0v) is 7.14. The molecule has 0 aliphatic heterocycles. The van der Waals surface area contributed by atoms with Gasteiger partial charge in [-0.3, -0.25) is 4.79 Å². The molecule has 0 atom stereocenters. The number of rotatable bonds is 3. The van der Waals surface area contributed by atoms with Crippen LogP contribution >= 0.6 is 0 Å². The summed E-state index contributed by atoms with van der Waals surface area (Å²) in [5, 5.41) is 0. The standard InChI is InChI=1S/C8H5F4NO2/c9-4-2-1-3(7(13)14)6(5(4)10)15-8(11)12/h1-2,8H,(H2,13,14). The Labute approximate surface area is 81.4 Å². The summed E-state index contributed by atoms with van der Waals surface area (Å²) >= 11 is 0. The van der Waals surface area contributed by atoms with Crippen LogP contribution in [0.25, 0.3) is 0 Å². The van der Waals surface area contributed by atoms with Crippen LogP contribution in [0.1, 0.15) is 10.4 Å². The van der Waals surface area contributed by atoms with Gasteiger partial charge < -0.3 is 10.5 Å². The molecule has 0 bridgehead atoms. The first-order valence-electron chi connectivity index (χ1n) is 3.66. The molecule has 0 unspecified atom stereocenters. The van der Waals surface area contributed by atoms with E-state index in [1.807, 2.05) is 0 Å². The van der Waals surface area contributed by atoms with Crippen molar-refractivity contribution in [2.24, 2.45) is 5.73 Å². The third-order valence-corrected chi connectivity index (χ3v) is 1.52. The quantitative estimate of drug-likeness (QED) is 0.792. The van der Waals surface area contributed by atoms with Crippen molar-refractivity contribution in [3.63, 3.8) is 0 Å². The van der Waals surface area contributed by atoms with Gasteiger partial charge in [0.2, 0.25) is 5.82 Å². The maximum atomic E-state index is 12.9. The first-order chi connectivity index (χ1) is 6.93. The normalized spacial score (nSPS) is 10.5. The molecule has 2 N–H and O–H groups in total. The number of carbonyl (C=O) groups excluding carboxylic acids is 1. The number of primary amides is 1. The number of hydrogen-bond donors (Lipinski definition) is 1. The van der Waals surface area contributed by atoms with Crippen LogP contribution in [0.5, 0.6) is 5.75 Å². The van der Waals surface area contributed by atoms with Gasteiger partial charge in [0.05, 0.1) is 5.56 Å². The van der Waals surface area contributed by atoms with Crippen molar-refractivity contribution in [3.8, 4) is 5.75 Å². The smallest absolute Gasteiger partial charge is 0.387 e. The minimum atomic E-state index is -3.38. The molecule has 82 valence electrons. The fourth-order valence-electron chi connectivity index (χ4n) is 0.930. The van der Waals surface area contributed by atoms with Crippen LogP contribution in [0.15, 0.2) is 12.1 Å². The van der Waals surface area contributed by atoms with Crippen LogP contribution in [0.3, 0.4) is 0 Å². The fourth-order valence-corrected chi connectivity index (χ4v) is 0.930. The van der Waals surface area contributed by atoms with Crippen LogP contribution in [-0.2, 0) is 0 Å². The van der Waals surface area contributed by atoms with E-state index in [0.717, 1.165) is 6.07 Å². The number of nitrogens with two attached hydrogens (primary N) is 1. The molecule has 0 aromatic heterocycles. The molecule has 1 aromatic rings. The number of benzene rings is 1. The maximum absolute atomic E-state index is 12.9. The summed E-state index contributed by atoms with van der Waals surface area (Å²) < 4.78 is 52.9. The summed E-state index contributed by atoms with van der Waals surface area (Å²) in [7, 11) is 0. The van der Waals surface area contributed by atoms with Gasteiger partial charge in [-0.25, -0.2) is 4.39 Å². The molecular weight excluding hydrogens is 218 g/mol. The van der Waals surface area contributed by atoms with Gasteiger partial charge in [-0.15, -0.1) is 0 Å². The Hall–Kier alpha value is -1.79. The van der Waals surface area contributed by atoms with Crippen molar-refractivity contribution < 1.29 is 27.1 Å². The van der Waals surface area contributed by atoms with Gasteiger partial charge in [0, 0.05) is 0 Å². The number of carbonyl (C=O) groups is 1. The second-order valence-corrected chi connectivity index (χ2v) is 2.48. The summed E-state index contributed by atoms with van der Waals surface area (Å²) in [4.78, 5) is 10.7. The Morgan fingerprint density at radius 1 is 1.33 bits per heavy atom. The van der Waals surface area contributed by atoms with E-state index in [1.165, 1.54) is 0 Å². The first-order valence-corrected chi connectivity index (χ1v) is 3.66. The lowest BCUT2D eigenvalue weighted by Crippen LogP contribution is -2.16. The molecule has 0 saturated carbocycles.